The highest BCUT2D eigenvalue weighted by atomic mass is 16.4. The lowest BCUT2D eigenvalue weighted by Crippen LogP contribution is -2.48. The van der Waals surface area contributed by atoms with Crippen LogP contribution < -0.4 is 0 Å². The van der Waals surface area contributed by atoms with Gasteiger partial charge in [0.25, 0.3) is 0 Å². The number of carbonyl (C=O) groups excluding carboxylic acids is 1. The number of hydrogen-bond donors (Lipinski definition) is 1. The van der Waals surface area contributed by atoms with Gasteiger partial charge in [-0.1, -0.05) is 19.8 Å². The zero-order valence-electron chi connectivity index (χ0n) is 11.8. The molecule has 0 aromatic rings. The zero-order chi connectivity index (χ0) is 14.0. The Kier molecular flexibility index (Phi) is 4.45. The molecule has 5 nitrogen and oxygen atoms in total. The molecule has 0 radical (unpaired) electrons. The molecule has 2 rings (SSSR count). The van der Waals surface area contributed by atoms with Crippen molar-refractivity contribution >= 4 is 11.9 Å². The summed E-state index contributed by atoms with van der Waals surface area (Å²) in [6.45, 7) is 3.69. The van der Waals surface area contributed by atoms with Crippen LogP contribution in [0, 0.1) is 5.92 Å². The van der Waals surface area contributed by atoms with Gasteiger partial charge in [-0.25, -0.2) is 0 Å². The van der Waals surface area contributed by atoms with Gasteiger partial charge in [0.15, 0.2) is 0 Å². The van der Waals surface area contributed by atoms with Gasteiger partial charge in [-0.3, -0.25) is 14.5 Å². The lowest BCUT2D eigenvalue weighted by Gasteiger charge is -2.31. The zero-order valence-corrected chi connectivity index (χ0v) is 11.8. The summed E-state index contributed by atoms with van der Waals surface area (Å²) in [5.74, 6) is -0.486. The number of rotatable bonds is 3. The first-order valence-electron chi connectivity index (χ1n) is 7.21. The van der Waals surface area contributed by atoms with E-state index < -0.39 is 12.0 Å². The second-order valence-corrected chi connectivity index (χ2v) is 6.09. The van der Waals surface area contributed by atoms with Crippen molar-refractivity contribution in [2.24, 2.45) is 5.92 Å². The molecular formula is C14H24N2O3. The standard InChI is InChI=1S/C14H24N2O3/c1-10-8-15(2)12(7-13(17)18)14(19)16(9-10)11-5-3-4-6-11/h10-12H,3-9H2,1-2H3,(H,17,18). The van der Waals surface area contributed by atoms with Gasteiger partial charge in [0.2, 0.25) is 5.91 Å². The molecule has 108 valence electrons. The van der Waals surface area contributed by atoms with Crippen LogP contribution in [-0.4, -0.2) is 59.0 Å². The van der Waals surface area contributed by atoms with Crippen LogP contribution in [0.1, 0.15) is 39.0 Å². The summed E-state index contributed by atoms with van der Waals surface area (Å²) in [6.07, 6.45) is 4.42. The van der Waals surface area contributed by atoms with Crippen LogP contribution in [0.15, 0.2) is 0 Å². The highest BCUT2D eigenvalue weighted by Crippen LogP contribution is 2.27. The molecule has 1 N–H and O–H groups in total. The van der Waals surface area contributed by atoms with Gasteiger partial charge in [-0.15, -0.1) is 0 Å². The first kappa shape index (κ1) is 14.3. The third kappa shape index (κ3) is 3.26. The van der Waals surface area contributed by atoms with Crippen molar-refractivity contribution in [2.75, 3.05) is 20.1 Å². The summed E-state index contributed by atoms with van der Waals surface area (Å²) in [4.78, 5) is 27.5. The van der Waals surface area contributed by atoms with Gasteiger partial charge < -0.3 is 10.0 Å². The normalized spacial score (nSPS) is 30.6. The van der Waals surface area contributed by atoms with E-state index in [1.165, 1.54) is 12.8 Å². The SMILES string of the molecule is CC1CN(C)C(CC(=O)O)C(=O)N(C2CCCC2)C1. The molecule has 2 unspecified atom stereocenters. The van der Waals surface area contributed by atoms with Gasteiger partial charge in [0, 0.05) is 19.1 Å². The van der Waals surface area contributed by atoms with Crippen LogP contribution in [-0.2, 0) is 9.59 Å². The molecule has 0 bridgehead atoms. The van der Waals surface area contributed by atoms with Gasteiger partial charge in [-0.05, 0) is 25.8 Å². The molecule has 1 aliphatic carbocycles. The molecule has 2 fully saturated rings. The van der Waals surface area contributed by atoms with Crippen molar-refractivity contribution in [1.82, 2.24) is 9.80 Å². The summed E-state index contributed by atoms with van der Waals surface area (Å²) in [5, 5.41) is 9.01. The maximum absolute atomic E-state index is 12.6. The highest BCUT2D eigenvalue weighted by molar-refractivity contribution is 5.86. The summed E-state index contributed by atoms with van der Waals surface area (Å²) >= 11 is 0. The monoisotopic (exact) mass is 268 g/mol. The molecule has 2 atom stereocenters. The third-order valence-corrected chi connectivity index (χ3v) is 4.34. The van der Waals surface area contributed by atoms with Gasteiger partial charge in [0.05, 0.1) is 12.5 Å². The van der Waals surface area contributed by atoms with E-state index in [0.717, 1.165) is 25.9 Å². The average Bonchev–Trinajstić information content (AvgIpc) is 2.82. The van der Waals surface area contributed by atoms with Crippen LogP contribution in [0.5, 0.6) is 0 Å². The Balaban J connectivity index is 2.17. The largest absolute Gasteiger partial charge is 0.481 e. The Morgan fingerprint density at radius 1 is 1.32 bits per heavy atom. The summed E-state index contributed by atoms with van der Waals surface area (Å²) in [5.41, 5.74) is 0. The number of carbonyl (C=O) groups is 2. The predicted molar refractivity (Wildman–Crippen MR) is 71.8 cm³/mol. The molecule has 0 aromatic heterocycles. The number of nitrogens with zero attached hydrogens (tertiary/aromatic N) is 2. The van der Waals surface area contributed by atoms with E-state index in [-0.39, 0.29) is 12.3 Å². The predicted octanol–water partition coefficient (Wildman–Crippen LogP) is 1.18. The van der Waals surface area contributed by atoms with E-state index in [2.05, 4.69) is 6.92 Å². The Morgan fingerprint density at radius 3 is 2.53 bits per heavy atom. The van der Waals surface area contributed by atoms with Crippen molar-refractivity contribution in [2.45, 2.75) is 51.1 Å². The Labute approximate surface area is 114 Å². The summed E-state index contributed by atoms with van der Waals surface area (Å²) in [6, 6.07) is -0.166. The fourth-order valence-electron chi connectivity index (χ4n) is 3.44. The number of hydrogen-bond acceptors (Lipinski definition) is 3. The van der Waals surface area contributed by atoms with Crippen molar-refractivity contribution in [1.29, 1.82) is 0 Å². The molecule has 1 heterocycles. The Hall–Kier alpha value is -1.10. The number of aliphatic carboxylic acids is 1. The molecular weight excluding hydrogens is 244 g/mol. The van der Waals surface area contributed by atoms with Crippen LogP contribution in [0.2, 0.25) is 0 Å². The van der Waals surface area contributed by atoms with Crippen molar-refractivity contribution in [3.8, 4) is 0 Å². The lowest BCUT2D eigenvalue weighted by molar-refractivity contribution is -0.145. The highest BCUT2D eigenvalue weighted by Gasteiger charge is 2.38. The fourth-order valence-corrected chi connectivity index (χ4v) is 3.44. The molecule has 5 heteroatoms. The van der Waals surface area contributed by atoms with E-state index in [9.17, 15) is 9.59 Å². The van der Waals surface area contributed by atoms with Crippen LogP contribution in [0.3, 0.4) is 0 Å². The molecule has 1 amide bonds. The quantitative estimate of drug-likeness (QED) is 0.835. The second kappa shape index (κ2) is 5.90. The minimum absolute atomic E-state index is 0.0150. The van der Waals surface area contributed by atoms with Gasteiger partial charge >= 0.3 is 5.97 Å². The Morgan fingerprint density at radius 2 is 1.95 bits per heavy atom. The first-order chi connectivity index (χ1) is 8.99. The number of likely N-dealkylation sites (N-methyl/N-ethyl adjacent to an activating group) is 1. The lowest BCUT2D eigenvalue weighted by atomic mass is 10.1. The number of carboxylic acids is 1. The van der Waals surface area contributed by atoms with E-state index >= 15 is 0 Å². The molecule has 0 aromatic carbocycles. The number of carboxylic acid groups (broad SMARTS) is 1. The molecule has 0 spiro atoms. The van der Waals surface area contributed by atoms with E-state index in [4.69, 9.17) is 5.11 Å². The summed E-state index contributed by atoms with van der Waals surface area (Å²) in [7, 11) is 1.86. The minimum Gasteiger partial charge on any atom is -0.481 e. The maximum Gasteiger partial charge on any atom is 0.305 e. The Bertz CT molecular complexity index is 353. The van der Waals surface area contributed by atoms with E-state index in [1.807, 2.05) is 16.8 Å². The van der Waals surface area contributed by atoms with Crippen LogP contribution in [0.25, 0.3) is 0 Å². The van der Waals surface area contributed by atoms with Crippen molar-refractivity contribution < 1.29 is 14.7 Å². The smallest absolute Gasteiger partial charge is 0.305 e. The molecule has 1 saturated heterocycles. The van der Waals surface area contributed by atoms with Crippen LogP contribution in [0.4, 0.5) is 0 Å². The van der Waals surface area contributed by atoms with Crippen LogP contribution >= 0.6 is 0 Å². The molecule has 2 aliphatic rings. The summed E-state index contributed by atoms with van der Waals surface area (Å²) < 4.78 is 0. The van der Waals surface area contributed by atoms with Crippen molar-refractivity contribution in [3.05, 3.63) is 0 Å². The van der Waals surface area contributed by atoms with E-state index in [1.54, 1.807) is 0 Å². The minimum atomic E-state index is -0.897. The van der Waals surface area contributed by atoms with Gasteiger partial charge in [-0.2, -0.15) is 0 Å². The third-order valence-electron chi connectivity index (χ3n) is 4.34. The molecule has 1 aliphatic heterocycles. The maximum atomic E-state index is 12.6. The van der Waals surface area contributed by atoms with Crippen molar-refractivity contribution in [3.63, 3.8) is 0 Å². The topological polar surface area (TPSA) is 60.9 Å². The average molecular weight is 268 g/mol. The fraction of sp³-hybridized carbons (Fsp3) is 0.857. The van der Waals surface area contributed by atoms with E-state index in [0.29, 0.717) is 12.0 Å². The molecule has 1 saturated carbocycles. The molecule has 19 heavy (non-hydrogen) atoms. The first-order valence-corrected chi connectivity index (χ1v) is 7.21. The number of amides is 1. The second-order valence-electron chi connectivity index (χ2n) is 6.09. The van der Waals surface area contributed by atoms with Gasteiger partial charge in [0.1, 0.15) is 0 Å².